The molecule has 0 aromatic heterocycles. The number of benzene rings is 3. The molecule has 8 heteroatoms. The monoisotopic (exact) mass is 492 g/mol. The normalized spacial score (nSPS) is 15.1. The van der Waals surface area contributed by atoms with E-state index in [1.807, 2.05) is 65.6 Å². The van der Waals surface area contributed by atoms with E-state index in [9.17, 15) is 0 Å². The van der Waals surface area contributed by atoms with Crippen molar-refractivity contribution in [3.63, 3.8) is 0 Å². The Hall–Kier alpha value is -3.91. The number of ether oxygens (including phenoxy) is 5. The van der Waals surface area contributed by atoms with Gasteiger partial charge in [0.1, 0.15) is 0 Å². The van der Waals surface area contributed by atoms with Gasteiger partial charge in [-0.3, -0.25) is 4.90 Å². The Labute approximate surface area is 210 Å². The van der Waals surface area contributed by atoms with Crippen LogP contribution >= 0.6 is 12.2 Å². The van der Waals surface area contributed by atoms with Crippen LogP contribution in [0.5, 0.6) is 28.7 Å². The summed E-state index contributed by atoms with van der Waals surface area (Å²) in [5.41, 5.74) is 3.68. The highest BCUT2D eigenvalue weighted by atomic mass is 32.1. The topological polar surface area (TPSA) is 61.4 Å². The van der Waals surface area contributed by atoms with Crippen molar-refractivity contribution in [2.75, 3.05) is 40.4 Å². The van der Waals surface area contributed by atoms with Gasteiger partial charge in [-0.25, -0.2) is 0 Å². The average molecular weight is 493 g/mol. The van der Waals surface area contributed by atoms with Gasteiger partial charge in [-0.05, 0) is 66.3 Å². The third-order valence-corrected chi connectivity index (χ3v) is 6.09. The van der Waals surface area contributed by atoms with Gasteiger partial charge in [0.25, 0.3) is 0 Å². The summed E-state index contributed by atoms with van der Waals surface area (Å²) < 4.78 is 27.6. The fourth-order valence-electron chi connectivity index (χ4n) is 4.10. The molecule has 4 rings (SSSR count). The number of hydrogen-bond donors (Lipinski definition) is 1. The molecule has 35 heavy (non-hydrogen) atoms. The lowest BCUT2D eigenvalue weighted by atomic mass is 9.99. The number of methoxy groups -OCH3 is 5. The molecule has 3 aromatic rings. The van der Waals surface area contributed by atoms with Gasteiger partial charge in [0.2, 0.25) is 5.75 Å². The molecule has 0 aliphatic carbocycles. The number of para-hydroxylation sites is 1. The highest BCUT2D eigenvalue weighted by Crippen LogP contribution is 2.42. The molecule has 3 aromatic carbocycles. The van der Waals surface area contributed by atoms with Gasteiger partial charge in [0.15, 0.2) is 28.1 Å². The molecule has 0 spiro atoms. The van der Waals surface area contributed by atoms with Crippen LogP contribution in [-0.2, 0) is 0 Å². The van der Waals surface area contributed by atoms with Crippen LogP contribution in [-0.4, -0.2) is 40.7 Å². The number of anilines is 1. The van der Waals surface area contributed by atoms with Crippen LogP contribution in [0.4, 0.5) is 5.69 Å². The Balaban J connectivity index is 1.88. The third kappa shape index (κ3) is 4.70. The second kappa shape index (κ2) is 10.6. The predicted octanol–water partition coefficient (Wildman–Crippen LogP) is 5.21. The van der Waals surface area contributed by atoms with Crippen molar-refractivity contribution in [1.29, 1.82) is 0 Å². The molecule has 0 bridgehead atoms. The van der Waals surface area contributed by atoms with E-state index in [2.05, 4.69) is 11.4 Å². The van der Waals surface area contributed by atoms with E-state index in [1.165, 1.54) is 0 Å². The summed E-state index contributed by atoms with van der Waals surface area (Å²) in [7, 11) is 8.02. The predicted molar refractivity (Wildman–Crippen MR) is 141 cm³/mol. The molecule has 1 aliphatic rings. The molecule has 0 saturated heterocycles. The van der Waals surface area contributed by atoms with Crippen LogP contribution in [0.15, 0.2) is 66.7 Å². The van der Waals surface area contributed by atoms with E-state index in [0.717, 1.165) is 22.5 Å². The Kier molecular flexibility index (Phi) is 7.31. The van der Waals surface area contributed by atoms with Crippen LogP contribution in [0.1, 0.15) is 17.2 Å². The van der Waals surface area contributed by atoms with Crippen molar-refractivity contribution in [2.24, 2.45) is 0 Å². The van der Waals surface area contributed by atoms with Crippen molar-refractivity contribution >= 4 is 28.7 Å². The van der Waals surface area contributed by atoms with Gasteiger partial charge >= 0.3 is 0 Å². The molecule has 182 valence electrons. The van der Waals surface area contributed by atoms with Crippen LogP contribution < -0.4 is 33.9 Å². The maximum atomic E-state index is 5.88. The number of nitrogens with one attached hydrogen (secondary N) is 1. The van der Waals surface area contributed by atoms with Crippen molar-refractivity contribution < 1.29 is 23.7 Å². The summed E-state index contributed by atoms with van der Waals surface area (Å²) in [4.78, 5) is 2.01. The average Bonchev–Trinajstić information content (AvgIpc) is 2.91. The van der Waals surface area contributed by atoms with E-state index >= 15 is 0 Å². The second-order valence-electron chi connectivity index (χ2n) is 7.68. The molecule has 1 aliphatic heterocycles. The van der Waals surface area contributed by atoms with Gasteiger partial charge in [-0.15, -0.1) is 0 Å². The van der Waals surface area contributed by atoms with Gasteiger partial charge in [-0.2, -0.15) is 0 Å². The lowest BCUT2D eigenvalue weighted by Crippen LogP contribution is -2.44. The number of hydrogen-bond acceptors (Lipinski definition) is 6. The van der Waals surface area contributed by atoms with Crippen molar-refractivity contribution in [1.82, 2.24) is 5.32 Å². The zero-order chi connectivity index (χ0) is 24.9. The minimum Gasteiger partial charge on any atom is -0.493 e. The van der Waals surface area contributed by atoms with E-state index in [-0.39, 0.29) is 6.04 Å². The lowest BCUT2D eigenvalue weighted by molar-refractivity contribution is 0.323. The first-order valence-corrected chi connectivity index (χ1v) is 11.3. The van der Waals surface area contributed by atoms with E-state index in [4.69, 9.17) is 35.9 Å². The lowest BCUT2D eigenvalue weighted by Gasteiger charge is -2.36. The zero-order valence-electron chi connectivity index (χ0n) is 20.3. The molecule has 0 amide bonds. The summed E-state index contributed by atoms with van der Waals surface area (Å²) in [5, 5.41) is 4.00. The van der Waals surface area contributed by atoms with Crippen LogP contribution in [0.25, 0.3) is 5.70 Å². The molecule has 0 fully saturated rings. The summed E-state index contributed by atoms with van der Waals surface area (Å²) in [6.45, 7) is 0. The quantitative estimate of drug-likeness (QED) is 0.430. The molecule has 1 N–H and O–H groups in total. The van der Waals surface area contributed by atoms with Crippen LogP contribution in [0.3, 0.4) is 0 Å². The SMILES string of the molecule is COc1ccc(C2=CC(c3cc(OC)c(OC)c(OC)c3)NC(=S)N2c2ccccc2)cc1OC. The van der Waals surface area contributed by atoms with E-state index in [0.29, 0.717) is 33.9 Å². The summed E-state index contributed by atoms with van der Waals surface area (Å²) >= 11 is 5.88. The van der Waals surface area contributed by atoms with Crippen LogP contribution in [0, 0.1) is 0 Å². The maximum absolute atomic E-state index is 5.88. The van der Waals surface area contributed by atoms with Gasteiger partial charge in [0.05, 0.1) is 47.3 Å². The van der Waals surface area contributed by atoms with Gasteiger partial charge in [-0.1, -0.05) is 18.2 Å². The first-order chi connectivity index (χ1) is 17.0. The highest BCUT2D eigenvalue weighted by Gasteiger charge is 2.29. The Morgan fingerprint density at radius 1 is 0.714 bits per heavy atom. The Morgan fingerprint density at radius 3 is 1.91 bits per heavy atom. The smallest absolute Gasteiger partial charge is 0.203 e. The first kappa shape index (κ1) is 24.2. The number of rotatable bonds is 8. The first-order valence-electron chi connectivity index (χ1n) is 10.9. The molecular weight excluding hydrogens is 464 g/mol. The molecule has 0 radical (unpaired) electrons. The number of nitrogens with zero attached hydrogens (tertiary/aromatic N) is 1. The maximum Gasteiger partial charge on any atom is 0.203 e. The standard InChI is InChI=1S/C27H28N2O5S/c1-30-22-12-11-17(13-23(22)31-2)21-16-20(28-27(35)29(21)19-9-7-6-8-10-19)18-14-24(32-3)26(34-5)25(15-18)33-4/h6-16,20H,1-5H3,(H,28,35). The van der Waals surface area contributed by atoms with Crippen molar-refractivity contribution in [3.8, 4) is 28.7 Å². The second-order valence-corrected chi connectivity index (χ2v) is 8.07. The van der Waals surface area contributed by atoms with E-state index < -0.39 is 0 Å². The fourth-order valence-corrected chi connectivity index (χ4v) is 4.43. The third-order valence-electron chi connectivity index (χ3n) is 5.79. The number of thiocarbonyl (C=S) groups is 1. The van der Waals surface area contributed by atoms with Gasteiger partial charge < -0.3 is 29.0 Å². The highest BCUT2D eigenvalue weighted by molar-refractivity contribution is 7.80. The van der Waals surface area contributed by atoms with Gasteiger partial charge in [0, 0.05) is 11.3 Å². The molecule has 1 heterocycles. The van der Waals surface area contributed by atoms with Crippen LogP contribution in [0.2, 0.25) is 0 Å². The summed E-state index contributed by atoms with van der Waals surface area (Å²) in [6.07, 6.45) is 2.12. The molecular formula is C27H28N2O5S. The summed E-state index contributed by atoms with van der Waals surface area (Å²) in [5.74, 6) is 2.96. The minimum absolute atomic E-state index is 0.251. The Bertz CT molecular complexity index is 1220. The molecule has 7 nitrogen and oxygen atoms in total. The van der Waals surface area contributed by atoms with E-state index in [1.54, 1.807) is 35.5 Å². The zero-order valence-corrected chi connectivity index (χ0v) is 21.1. The molecule has 0 saturated carbocycles. The fraction of sp³-hybridized carbons (Fsp3) is 0.222. The largest absolute Gasteiger partial charge is 0.493 e. The Morgan fingerprint density at radius 2 is 1.34 bits per heavy atom. The van der Waals surface area contributed by atoms with Crippen molar-refractivity contribution in [3.05, 3.63) is 77.9 Å². The summed E-state index contributed by atoms with van der Waals surface area (Å²) in [6, 6.07) is 19.4. The van der Waals surface area contributed by atoms with Crippen molar-refractivity contribution in [2.45, 2.75) is 6.04 Å². The minimum atomic E-state index is -0.251. The molecule has 1 unspecified atom stereocenters. The molecule has 1 atom stereocenters.